The third kappa shape index (κ3) is 4.76. The van der Waals surface area contributed by atoms with Gasteiger partial charge in [0.15, 0.2) is 0 Å². The topological polar surface area (TPSA) is 16.1 Å². The molecule has 0 N–H and O–H groups in total. The lowest BCUT2D eigenvalue weighted by atomic mass is 9.95. The first-order valence-corrected chi connectivity index (χ1v) is 11.1. The van der Waals surface area contributed by atoms with Gasteiger partial charge >= 0.3 is 0 Å². The molecule has 2 nitrogen and oxygen atoms in total. The summed E-state index contributed by atoms with van der Waals surface area (Å²) in [5.74, 6) is 0. The van der Waals surface area contributed by atoms with Gasteiger partial charge in [-0.1, -0.05) is 91.0 Å². The summed E-state index contributed by atoms with van der Waals surface area (Å²) in [7, 11) is 0. The van der Waals surface area contributed by atoms with Crippen molar-refractivity contribution in [2.24, 2.45) is 0 Å². The molecule has 0 amide bonds. The number of para-hydroxylation sites is 1. The summed E-state index contributed by atoms with van der Waals surface area (Å²) >= 11 is 0. The maximum absolute atomic E-state index is 4.19. The Balaban J connectivity index is 1.54. The molecule has 5 aromatic rings. The molecular weight excluding hydrogens is 400 g/mol. The van der Waals surface area contributed by atoms with Crippen LogP contribution in [0.3, 0.4) is 0 Å². The molecule has 0 atom stereocenters. The van der Waals surface area contributed by atoms with E-state index < -0.39 is 0 Å². The van der Waals surface area contributed by atoms with Crippen LogP contribution >= 0.6 is 0 Å². The zero-order valence-electron chi connectivity index (χ0n) is 18.3. The van der Waals surface area contributed by atoms with Crippen molar-refractivity contribution in [1.82, 2.24) is 4.98 Å². The van der Waals surface area contributed by atoms with E-state index in [2.05, 4.69) is 125 Å². The van der Waals surface area contributed by atoms with Crippen molar-refractivity contribution in [3.05, 3.63) is 156 Å². The van der Waals surface area contributed by atoms with Crippen molar-refractivity contribution < 1.29 is 0 Å². The minimum Gasteiger partial charge on any atom is -0.310 e. The monoisotopic (exact) mass is 424 g/mol. The van der Waals surface area contributed by atoms with Crippen molar-refractivity contribution in [2.45, 2.75) is 0 Å². The van der Waals surface area contributed by atoms with E-state index >= 15 is 0 Å². The maximum Gasteiger partial charge on any atom is 0.0492 e. The summed E-state index contributed by atoms with van der Waals surface area (Å²) in [6, 6.07) is 44.3. The van der Waals surface area contributed by atoms with Crippen molar-refractivity contribution in [2.75, 3.05) is 4.90 Å². The van der Waals surface area contributed by atoms with E-state index in [1.54, 1.807) is 0 Å². The molecule has 0 radical (unpaired) electrons. The molecule has 0 aliphatic rings. The molecule has 1 aromatic heterocycles. The van der Waals surface area contributed by atoms with Gasteiger partial charge in [0.2, 0.25) is 0 Å². The Morgan fingerprint density at radius 3 is 1.48 bits per heavy atom. The minimum atomic E-state index is 1.08. The van der Waals surface area contributed by atoms with E-state index in [1.807, 2.05) is 30.6 Å². The van der Waals surface area contributed by atoms with Crippen LogP contribution in [-0.2, 0) is 0 Å². The molecule has 0 saturated carbocycles. The zero-order valence-corrected chi connectivity index (χ0v) is 18.3. The molecule has 0 fully saturated rings. The number of nitrogens with zero attached hydrogens (tertiary/aromatic N) is 2. The average molecular weight is 425 g/mol. The highest BCUT2D eigenvalue weighted by atomic mass is 15.1. The summed E-state index contributed by atoms with van der Waals surface area (Å²) < 4.78 is 0. The standard InChI is InChI=1S/C31H24N2/c1-4-10-26(11-5-1)31(27-12-6-2-7-13-27)24-25-16-18-29(19-17-25)33(28-14-8-3-9-15-28)30-20-22-32-23-21-30/h1-24H. The van der Waals surface area contributed by atoms with Crippen LogP contribution < -0.4 is 4.90 Å². The number of rotatable bonds is 6. The van der Waals surface area contributed by atoms with Gasteiger partial charge in [-0.05, 0) is 64.7 Å². The van der Waals surface area contributed by atoms with E-state index in [0.717, 1.165) is 22.6 Å². The summed E-state index contributed by atoms with van der Waals surface area (Å²) in [4.78, 5) is 6.43. The van der Waals surface area contributed by atoms with E-state index in [0.29, 0.717) is 0 Å². The summed E-state index contributed by atoms with van der Waals surface area (Å²) in [5.41, 5.74) is 8.06. The van der Waals surface area contributed by atoms with Gasteiger partial charge in [-0.25, -0.2) is 0 Å². The second-order valence-corrected chi connectivity index (χ2v) is 7.76. The highest BCUT2D eigenvalue weighted by Crippen LogP contribution is 2.34. The molecule has 1 heterocycles. The first-order valence-electron chi connectivity index (χ1n) is 11.1. The number of hydrogen-bond acceptors (Lipinski definition) is 2. The number of hydrogen-bond donors (Lipinski definition) is 0. The van der Waals surface area contributed by atoms with Crippen LogP contribution in [0, 0.1) is 0 Å². The number of aromatic nitrogens is 1. The van der Waals surface area contributed by atoms with E-state index in [4.69, 9.17) is 0 Å². The molecule has 0 bridgehead atoms. The van der Waals surface area contributed by atoms with Gasteiger partial charge in [0, 0.05) is 29.5 Å². The lowest BCUT2D eigenvalue weighted by Gasteiger charge is -2.25. The predicted molar refractivity (Wildman–Crippen MR) is 139 cm³/mol. The Labute approximate surface area is 195 Å². The quantitative estimate of drug-likeness (QED) is 0.256. The largest absolute Gasteiger partial charge is 0.310 e. The van der Waals surface area contributed by atoms with Gasteiger partial charge in [0.05, 0.1) is 0 Å². The van der Waals surface area contributed by atoms with Crippen LogP contribution in [0.2, 0.25) is 0 Å². The first kappa shape index (κ1) is 20.5. The highest BCUT2D eigenvalue weighted by Gasteiger charge is 2.12. The van der Waals surface area contributed by atoms with Crippen LogP contribution in [0.25, 0.3) is 11.6 Å². The number of anilines is 3. The maximum atomic E-state index is 4.19. The fourth-order valence-corrected chi connectivity index (χ4v) is 3.97. The van der Waals surface area contributed by atoms with Gasteiger partial charge < -0.3 is 4.90 Å². The molecule has 158 valence electrons. The molecule has 0 spiro atoms. The van der Waals surface area contributed by atoms with Crippen LogP contribution in [0.5, 0.6) is 0 Å². The SMILES string of the molecule is C(=C(c1ccccc1)c1ccccc1)c1ccc(N(c2ccccc2)c2ccncc2)cc1. The summed E-state index contributed by atoms with van der Waals surface area (Å²) in [6.45, 7) is 0. The Hall–Kier alpha value is -4.43. The normalized spacial score (nSPS) is 10.4. The first-order chi connectivity index (χ1) is 16.4. The Bertz CT molecular complexity index is 1230. The molecule has 5 rings (SSSR count). The van der Waals surface area contributed by atoms with Gasteiger partial charge in [-0.2, -0.15) is 0 Å². The Morgan fingerprint density at radius 2 is 0.939 bits per heavy atom. The summed E-state index contributed by atoms with van der Waals surface area (Å²) in [5, 5.41) is 0. The van der Waals surface area contributed by atoms with E-state index in [1.165, 1.54) is 16.7 Å². The van der Waals surface area contributed by atoms with Gasteiger partial charge in [0.1, 0.15) is 0 Å². The third-order valence-corrected chi connectivity index (χ3v) is 5.57. The molecule has 0 aliphatic carbocycles. The number of pyridine rings is 1. The Kier molecular flexibility index (Phi) is 6.08. The van der Waals surface area contributed by atoms with Gasteiger partial charge in [-0.3, -0.25) is 4.98 Å². The smallest absolute Gasteiger partial charge is 0.0492 e. The van der Waals surface area contributed by atoms with Crippen LogP contribution in [0.15, 0.2) is 140 Å². The van der Waals surface area contributed by atoms with Crippen molar-refractivity contribution >= 4 is 28.7 Å². The van der Waals surface area contributed by atoms with Gasteiger partial charge in [0.25, 0.3) is 0 Å². The molecule has 2 heteroatoms. The van der Waals surface area contributed by atoms with Crippen LogP contribution in [-0.4, -0.2) is 4.98 Å². The molecule has 0 aliphatic heterocycles. The van der Waals surface area contributed by atoms with E-state index in [-0.39, 0.29) is 0 Å². The summed E-state index contributed by atoms with van der Waals surface area (Å²) in [6.07, 6.45) is 5.91. The van der Waals surface area contributed by atoms with Crippen molar-refractivity contribution in [1.29, 1.82) is 0 Å². The molecule has 33 heavy (non-hydrogen) atoms. The average Bonchev–Trinajstić information content (AvgIpc) is 2.91. The van der Waals surface area contributed by atoms with Crippen LogP contribution in [0.1, 0.15) is 16.7 Å². The third-order valence-electron chi connectivity index (χ3n) is 5.57. The van der Waals surface area contributed by atoms with E-state index in [9.17, 15) is 0 Å². The van der Waals surface area contributed by atoms with Crippen molar-refractivity contribution in [3.63, 3.8) is 0 Å². The highest BCUT2D eigenvalue weighted by molar-refractivity contribution is 5.91. The van der Waals surface area contributed by atoms with Gasteiger partial charge in [-0.15, -0.1) is 0 Å². The second-order valence-electron chi connectivity index (χ2n) is 7.76. The zero-order chi connectivity index (χ0) is 22.3. The second kappa shape index (κ2) is 9.80. The lowest BCUT2D eigenvalue weighted by Crippen LogP contribution is -2.09. The fourth-order valence-electron chi connectivity index (χ4n) is 3.97. The molecule has 4 aromatic carbocycles. The molecule has 0 saturated heterocycles. The van der Waals surface area contributed by atoms with Crippen LogP contribution in [0.4, 0.5) is 17.1 Å². The number of benzene rings is 4. The molecular formula is C31H24N2. The Morgan fingerprint density at radius 1 is 0.485 bits per heavy atom. The fraction of sp³-hybridized carbons (Fsp3) is 0. The molecule has 0 unspecified atom stereocenters. The minimum absolute atomic E-state index is 1.08. The lowest BCUT2D eigenvalue weighted by molar-refractivity contribution is 1.24. The predicted octanol–water partition coefficient (Wildman–Crippen LogP) is 8.14. The van der Waals surface area contributed by atoms with Crippen molar-refractivity contribution in [3.8, 4) is 0 Å².